The van der Waals surface area contributed by atoms with E-state index in [9.17, 15) is 0 Å². The predicted octanol–water partition coefficient (Wildman–Crippen LogP) is 1.59. The quantitative estimate of drug-likeness (QED) is 0.686. The second kappa shape index (κ2) is 6.68. The first-order chi connectivity index (χ1) is 6.34. The summed E-state index contributed by atoms with van der Waals surface area (Å²) in [4.78, 5) is 2.58. The third-order valence-electron chi connectivity index (χ3n) is 2.61. The Hall–Kier alpha value is 0.270. The van der Waals surface area contributed by atoms with Crippen molar-refractivity contribution in [2.45, 2.75) is 32.2 Å². The zero-order valence-corrected chi connectivity index (χ0v) is 9.35. The molecule has 2 nitrogen and oxygen atoms in total. The molecule has 0 aromatic carbocycles. The topological polar surface area (TPSA) is 23.5 Å². The van der Waals surface area contributed by atoms with Crippen LogP contribution in [0.4, 0.5) is 0 Å². The average Bonchev–Trinajstić information content (AvgIpc) is 2.15. The van der Waals surface area contributed by atoms with E-state index >= 15 is 0 Å². The van der Waals surface area contributed by atoms with Gasteiger partial charge in [-0.05, 0) is 32.7 Å². The molecule has 1 heterocycles. The zero-order valence-electron chi connectivity index (χ0n) is 8.54. The van der Waals surface area contributed by atoms with E-state index in [4.69, 9.17) is 5.11 Å². The second-order valence-corrected chi connectivity index (χ2v) is 4.89. The number of unbranched alkanes of at least 4 members (excludes halogenated alkanes) is 2. The highest BCUT2D eigenvalue weighted by molar-refractivity contribution is 7.99. The molecule has 1 aliphatic heterocycles. The smallest absolute Gasteiger partial charge is 0.0431 e. The largest absolute Gasteiger partial charge is 0.396 e. The molecule has 0 saturated carbocycles. The number of hydrogen-bond donors (Lipinski definition) is 1. The van der Waals surface area contributed by atoms with E-state index in [1.165, 1.54) is 37.4 Å². The van der Waals surface area contributed by atoms with E-state index in [1.54, 1.807) is 0 Å². The van der Waals surface area contributed by atoms with Crippen molar-refractivity contribution in [3.63, 3.8) is 0 Å². The molecule has 0 bridgehead atoms. The Labute approximate surface area is 85.7 Å². The van der Waals surface area contributed by atoms with Gasteiger partial charge in [0.05, 0.1) is 0 Å². The summed E-state index contributed by atoms with van der Waals surface area (Å²) in [5.41, 5.74) is 0. The van der Waals surface area contributed by atoms with Gasteiger partial charge in [-0.15, -0.1) is 0 Å². The SMILES string of the molecule is CC1CSCCN1CCCCCO. The maximum atomic E-state index is 8.64. The fourth-order valence-electron chi connectivity index (χ4n) is 1.70. The fourth-order valence-corrected chi connectivity index (χ4v) is 2.78. The highest BCUT2D eigenvalue weighted by Crippen LogP contribution is 2.16. The van der Waals surface area contributed by atoms with Crippen molar-refractivity contribution >= 4 is 11.8 Å². The number of aliphatic hydroxyl groups excluding tert-OH is 1. The van der Waals surface area contributed by atoms with Gasteiger partial charge in [0.1, 0.15) is 0 Å². The lowest BCUT2D eigenvalue weighted by Gasteiger charge is -2.32. The minimum atomic E-state index is 0.353. The standard InChI is InChI=1S/C10H21NOS/c1-10-9-13-8-6-11(10)5-3-2-4-7-12/h10,12H,2-9H2,1H3. The van der Waals surface area contributed by atoms with Crippen molar-refractivity contribution in [3.05, 3.63) is 0 Å². The zero-order chi connectivity index (χ0) is 9.52. The summed E-state index contributed by atoms with van der Waals surface area (Å²) in [5.74, 6) is 2.59. The van der Waals surface area contributed by atoms with Gasteiger partial charge in [-0.3, -0.25) is 4.90 Å². The van der Waals surface area contributed by atoms with Gasteiger partial charge in [0.15, 0.2) is 0 Å². The molecular formula is C10H21NOS. The van der Waals surface area contributed by atoms with Gasteiger partial charge in [0, 0.05) is 30.7 Å². The van der Waals surface area contributed by atoms with Crippen LogP contribution in [-0.2, 0) is 0 Å². The van der Waals surface area contributed by atoms with Crippen LogP contribution in [0, 0.1) is 0 Å². The Bertz CT molecular complexity index is 132. The highest BCUT2D eigenvalue weighted by atomic mass is 32.2. The first-order valence-corrected chi connectivity index (χ1v) is 6.42. The molecule has 0 aromatic rings. The summed E-state index contributed by atoms with van der Waals surface area (Å²) in [6.07, 6.45) is 3.39. The minimum absolute atomic E-state index is 0.353. The molecule has 0 amide bonds. The molecule has 0 aromatic heterocycles. The van der Waals surface area contributed by atoms with Crippen LogP contribution in [0.15, 0.2) is 0 Å². The summed E-state index contributed by atoms with van der Waals surface area (Å²) in [5, 5.41) is 8.64. The molecule has 1 unspecified atom stereocenters. The van der Waals surface area contributed by atoms with Crippen molar-refractivity contribution in [1.29, 1.82) is 0 Å². The molecule has 3 heteroatoms. The van der Waals surface area contributed by atoms with Gasteiger partial charge in [0.2, 0.25) is 0 Å². The molecule has 1 N–H and O–H groups in total. The highest BCUT2D eigenvalue weighted by Gasteiger charge is 2.17. The number of aliphatic hydroxyl groups is 1. The van der Waals surface area contributed by atoms with Crippen LogP contribution in [0.3, 0.4) is 0 Å². The Morgan fingerprint density at radius 2 is 2.23 bits per heavy atom. The van der Waals surface area contributed by atoms with E-state index in [1.807, 2.05) is 0 Å². The van der Waals surface area contributed by atoms with Gasteiger partial charge in [0.25, 0.3) is 0 Å². The van der Waals surface area contributed by atoms with E-state index in [0.29, 0.717) is 6.61 Å². The van der Waals surface area contributed by atoms with Gasteiger partial charge in [-0.25, -0.2) is 0 Å². The molecule has 13 heavy (non-hydrogen) atoms. The minimum Gasteiger partial charge on any atom is -0.396 e. The van der Waals surface area contributed by atoms with Crippen LogP contribution in [0.5, 0.6) is 0 Å². The van der Waals surface area contributed by atoms with Crippen molar-refractivity contribution < 1.29 is 5.11 Å². The van der Waals surface area contributed by atoms with Crippen LogP contribution in [0.1, 0.15) is 26.2 Å². The monoisotopic (exact) mass is 203 g/mol. The maximum absolute atomic E-state index is 8.64. The first-order valence-electron chi connectivity index (χ1n) is 5.27. The summed E-state index contributed by atoms with van der Waals surface area (Å²) < 4.78 is 0. The Kier molecular flexibility index (Phi) is 5.83. The Balaban J connectivity index is 2.05. The van der Waals surface area contributed by atoms with Crippen LogP contribution in [0.25, 0.3) is 0 Å². The number of nitrogens with zero attached hydrogens (tertiary/aromatic N) is 1. The van der Waals surface area contributed by atoms with Crippen molar-refractivity contribution in [3.8, 4) is 0 Å². The van der Waals surface area contributed by atoms with E-state index in [0.717, 1.165) is 12.5 Å². The van der Waals surface area contributed by atoms with Crippen LogP contribution in [0.2, 0.25) is 0 Å². The summed E-state index contributed by atoms with van der Waals surface area (Å²) in [6.45, 7) is 5.15. The molecular weight excluding hydrogens is 182 g/mol. The number of rotatable bonds is 5. The molecule has 1 aliphatic rings. The van der Waals surface area contributed by atoms with Crippen LogP contribution >= 0.6 is 11.8 Å². The maximum Gasteiger partial charge on any atom is 0.0431 e. The third-order valence-corrected chi connectivity index (χ3v) is 3.80. The Morgan fingerprint density at radius 1 is 1.38 bits per heavy atom. The lowest BCUT2D eigenvalue weighted by atomic mass is 10.2. The Morgan fingerprint density at radius 3 is 2.92 bits per heavy atom. The average molecular weight is 203 g/mol. The number of hydrogen-bond acceptors (Lipinski definition) is 3. The van der Waals surface area contributed by atoms with E-state index in [2.05, 4.69) is 23.6 Å². The summed E-state index contributed by atoms with van der Waals surface area (Å²) in [7, 11) is 0. The molecule has 0 radical (unpaired) electrons. The van der Waals surface area contributed by atoms with Crippen molar-refractivity contribution in [1.82, 2.24) is 4.90 Å². The van der Waals surface area contributed by atoms with Gasteiger partial charge < -0.3 is 5.11 Å². The third kappa shape index (κ3) is 4.34. The van der Waals surface area contributed by atoms with Crippen molar-refractivity contribution in [2.75, 3.05) is 31.2 Å². The molecule has 0 spiro atoms. The molecule has 0 aliphatic carbocycles. The van der Waals surface area contributed by atoms with Gasteiger partial charge in [-0.1, -0.05) is 0 Å². The van der Waals surface area contributed by atoms with Crippen molar-refractivity contribution in [2.24, 2.45) is 0 Å². The number of thioether (sulfide) groups is 1. The van der Waals surface area contributed by atoms with Crippen LogP contribution < -0.4 is 0 Å². The molecule has 1 atom stereocenters. The lowest BCUT2D eigenvalue weighted by molar-refractivity contribution is 0.221. The second-order valence-electron chi connectivity index (χ2n) is 3.74. The molecule has 1 fully saturated rings. The molecule has 1 rings (SSSR count). The van der Waals surface area contributed by atoms with E-state index < -0.39 is 0 Å². The predicted molar refractivity (Wildman–Crippen MR) is 59.3 cm³/mol. The van der Waals surface area contributed by atoms with Crippen LogP contribution in [-0.4, -0.2) is 47.3 Å². The lowest BCUT2D eigenvalue weighted by Crippen LogP contribution is -2.40. The fraction of sp³-hybridized carbons (Fsp3) is 1.00. The normalized spacial score (nSPS) is 24.9. The summed E-state index contributed by atoms with van der Waals surface area (Å²) in [6, 6.07) is 0.757. The van der Waals surface area contributed by atoms with E-state index in [-0.39, 0.29) is 0 Å². The van der Waals surface area contributed by atoms with Gasteiger partial charge >= 0.3 is 0 Å². The first kappa shape index (κ1) is 11.3. The molecule has 78 valence electrons. The molecule has 1 saturated heterocycles. The van der Waals surface area contributed by atoms with Gasteiger partial charge in [-0.2, -0.15) is 11.8 Å². The summed E-state index contributed by atoms with van der Waals surface area (Å²) >= 11 is 2.07.